The molecule has 166 valence electrons. The molecule has 11 heteroatoms. The van der Waals surface area contributed by atoms with Gasteiger partial charge in [0, 0.05) is 25.8 Å². The summed E-state index contributed by atoms with van der Waals surface area (Å²) in [7, 11) is 3.21. The second-order valence-electron chi connectivity index (χ2n) is 6.35. The van der Waals surface area contributed by atoms with Gasteiger partial charge in [-0.05, 0) is 31.3 Å². The zero-order chi connectivity index (χ0) is 23.5. The van der Waals surface area contributed by atoms with E-state index < -0.39 is 11.7 Å². The SMILES string of the molecule is CN/C=C\C(=N)NC(=O)c1cc(Oc2cnc(C(=O)C#N)cn2)cc(O[C@@H](C)COC)c1. The van der Waals surface area contributed by atoms with Gasteiger partial charge in [0.2, 0.25) is 5.88 Å². The second kappa shape index (κ2) is 11.8. The van der Waals surface area contributed by atoms with Gasteiger partial charge >= 0.3 is 0 Å². The Hall–Kier alpha value is -4.30. The molecule has 3 N–H and O–H groups in total. The molecule has 0 saturated carbocycles. The number of ether oxygens (including phenoxy) is 3. The number of methoxy groups -OCH3 is 1. The third-order valence-corrected chi connectivity index (χ3v) is 3.73. The number of aromatic nitrogens is 2. The minimum absolute atomic E-state index is 0.0395. The van der Waals surface area contributed by atoms with E-state index in [-0.39, 0.29) is 34.8 Å². The number of carbonyl (C=O) groups is 2. The first-order valence-corrected chi connectivity index (χ1v) is 9.35. The first-order chi connectivity index (χ1) is 15.4. The Kier molecular flexibility index (Phi) is 8.82. The number of amides is 1. The van der Waals surface area contributed by atoms with Gasteiger partial charge < -0.3 is 24.8 Å². The van der Waals surface area contributed by atoms with Gasteiger partial charge in [0.05, 0.1) is 19.0 Å². The highest BCUT2D eigenvalue weighted by Crippen LogP contribution is 2.27. The molecule has 0 spiro atoms. The van der Waals surface area contributed by atoms with Gasteiger partial charge in [-0.1, -0.05) is 0 Å². The quantitative estimate of drug-likeness (QED) is 0.218. The van der Waals surface area contributed by atoms with Crippen molar-refractivity contribution >= 4 is 17.5 Å². The van der Waals surface area contributed by atoms with Gasteiger partial charge in [0.15, 0.2) is 0 Å². The molecule has 0 bridgehead atoms. The molecule has 32 heavy (non-hydrogen) atoms. The number of ketones is 1. The lowest BCUT2D eigenvalue weighted by Crippen LogP contribution is -2.28. The van der Waals surface area contributed by atoms with Crippen molar-refractivity contribution < 1.29 is 23.8 Å². The Morgan fingerprint density at radius 2 is 2.00 bits per heavy atom. The van der Waals surface area contributed by atoms with Crippen LogP contribution in [0.2, 0.25) is 0 Å². The highest BCUT2D eigenvalue weighted by molar-refractivity contribution is 6.09. The highest BCUT2D eigenvalue weighted by atomic mass is 16.5. The average molecular weight is 438 g/mol. The molecular formula is C21H22N6O5. The van der Waals surface area contributed by atoms with Gasteiger partial charge in [0.25, 0.3) is 11.7 Å². The van der Waals surface area contributed by atoms with Crippen LogP contribution in [0.3, 0.4) is 0 Å². The minimum Gasteiger partial charge on any atom is -0.488 e. The van der Waals surface area contributed by atoms with E-state index in [9.17, 15) is 9.59 Å². The van der Waals surface area contributed by atoms with Crippen LogP contribution in [0.1, 0.15) is 27.8 Å². The molecule has 0 aliphatic heterocycles. The number of hydrogen-bond donors (Lipinski definition) is 3. The summed E-state index contributed by atoms with van der Waals surface area (Å²) >= 11 is 0. The van der Waals surface area contributed by atoms with Crippen LogP contribution >= 0.6 is 0 Å². The zero-order valence-corrected chi connectivity index (χ0v) is 17.7. The first-order valence-electron chi connectivity index (χ1n) is 9.35. The predicted octanol–water partition coefficient (Wildman–Crippen LogP) is 1.83. The van der Waals surface area contributed by atoms with E-state index >= 15 is 0 Å². The summed E-state index contributed by atoms with van der Waals surface area (Å²) in [5.41, 5.74) is 0.0625. The summed E-state index contributed by atoms with van der Waals surface area (Å²) in [5, 5.41) is 21.6. The van der Waals surface area contributed by atoms with Crippen molar-refractivity contribution in [2.24, 2.45) is 0 Å². The molecule has 0 unspecified atom stereocenters. The fourth-order valence-electron chi connectivity index (χ4n) is 2.40. The smallest absolute Gasteiger partial charge is 0.282 e. The Bertz CT molecular complexity index is 1050. The lowest BCUT2D eigenvalue weighted by molar-refractivity contribution is 0.0912. The third-order valence-electron chi connectivity index (χ3n) is 3.73. The molecule has 1 heterocycles. The maximum Gasteiger partial charge on any atom is 0.282 e. The standard InChI is InChI=1S/C21H22N6O5/c1-13(12-30-3)31-15-6-14(21(29)27-19(23)4-5-24-2)7-16(8-15)32-20-11-25-17(10-26-20)18(28)9-22/h4-8,10-11,13,24H,12H2,1-3H3,(H2,23,27,29)/b5-4-/t13-/m0/s1. The Morgan fingerprint density at radius 1 is 1.25 bits per heavy atom. The van der Waals surface area contributed by atoms with Crippen molar-refractivity contribution in [1.29, 1.82) is 10.7 Å². The van der Waals surface area contributed by atoms with Gasteiger partial charge in [-0.25, -0.2) is 9.97 Å². The lowest BCUT2D eigenvalue weighted by Gasteiger charge is -2.16. The Morgan fingerprint density at radius 3 is 2.62 bits per heavy atom. The van der Waals surface area contributed by atoms with Crippen LogP contribution in [-0.2, 0) is 4.74 Å². The number of hydrogen-bond acceptors (Lipinski definition) is 10. The van der Waals surface area contributed by atoms with Crippen LogP contribution < -0.4 is 20.1 Å². The number of nitrogens with zero attached hydrogens (tertiary/aromatic N) is 3. The highest BCUT2D eigenvalue weighted by Gasteiger charge is 2.14. The molecule has 0 saturated heterocycles. The van der Waals surface area contributed by atoms with Crippen molar-refractivity contribution in [3.63, 3.8) is 0 Å². The van der Waals surface area contributed by atoms with Gasteiger partial charge in [0.1, 0.15) is 35.2 Å². The van der Waals surface area contributed by atoms with Crippen LogP contribution in [0.5, 0.6) is 17.4 Å². The van der Waals surface area contributed by atoms with Gasteiger partial charge in [-0.15, -0.1) is 0 Å². The number of nitriles is 1. The second-order valence-corrected chi connectivity index (χ2v) is 6.35. The predicted molar refractivity (Wildman–Crippen MR) is 114 cm³/mol. The first kappa shape index (κ1) is 24.0. The molecule has 0 aliphatic rings. The summed E-state index contributed by atoms with van der Waals surface area (Å²) in [4.78, 5) is 31.7. The van der Waals surface area contributed by atoms with E-state index in [0.29, 0.717) is 12.4 Å². The van der Waals surface area contributed by atoms with E-state index in [1.807, 2.05) is 0 Å². The fourth-order valence-corrected chi connectivity index (χ4v) is 2.40. The number of amidine groups is 1. The van der Waals surface area contributed by atoms with Crippen molar-refractivity contribution in [1.82, 2.24) is 20.6 Å². The van der Waals surface area contributed by atoms with Crippen molar-refractivity contribution in [3.05, 3.63) is 54.1 Å². The summed E-state index contributed by atoms with van der Waals surface area (Å²) in [5.74, 6) is -0.902. The Balaban J connectivity index is 2.30. The number of benzene rings is 1. The van der Waals surface area contributed by atoms with E-state index in [1.165, 1.54) is 36.7 Å². The molecule has 0 radical (unpaired) electrons. The summed E-state index contributed by atoms with van der Waals surface area (Å²) in [6.07, 6.45) is 4.88. The van der Waals surface area contributed by atoms with E-state index in [1.54, 1.807) is 27.1 Å². The number of nitrogens with one attached hydrogen (secondary N) is 3. The van der Waals surface area contributed by atoms with E-state index in [4.69, 9.17) is 24.9 Å². The van der Waals surface area contributed by atoms with Gasteiger partial charge in [-0.2, -0.15) is 5.26 Å². The molecular weight excluding hydrogens is 416 g/mol. The molecule has 1 amide bonds. The summed E-state index contributed by atoms with van der Waals surface area (Å²) < 4.78 is 16.5. The maximum atomic E-state index is 12.6. The summed E-state index contributed by atoms with van der Waals surface area (Å²) in [6.45, 7) is 2.12. The normalized spacial score (nSPS) is 11.3. The zero-order valence-electron chi connectivity index (χ0n) is 17.7. The van der Waals surface area contributed by atoms with Crippen LogP contribution in [0, 0.1) is 16.7 Å². The number of carbonyl (C=O) groups excluding carboxylic acids is 2. The molecule has 0 fully saturated rings. The largest absolute Gasteiger partial charge is 0.488 e. The van der Waals surface area contributed by atoms with Crippen LogP contribution in [-0.4, -0.2) is 54.4 Å². The van der Waals surface area contributed by atoms with Crippen molar-refractivity contribution in [2.75, 3.05) is 20.8 Å². The van der Waals surface area contributed by atoms with Crippen molar-refractivity contribution in [2.45, 2.75) is 13.0 Å². The number of rotatable bonds is 10. The van der Waals surface area contributed by atoms with Gasteiger partial charge in [-0.3, -0.25) is 15.0 Å². The monoisotopic (exact) mass is 438 g/mol. The van der Waals surface area contributed by atoms with Crippen LogP contribution in [0.15, 0.2) is 42.9 Å². The van der Waals surface area contributed by atoms with Crippen molar-refractivity contribution in [3.8, 4) is 23.4 Å². The van der Waals surface area contributed by atoms with Crippen LogP contribution in [0.25, 0.3) is 0 Å². The molecule has 1 aromatic heterocycles. The lowest BCUT2D eigenvalue weighted by atomic mass is 10.2. The molecule has 1 atom stereocenters. The van der Waals surface area contributed by atoms with E-state index in [2.05, 4.69) is 20.6 Å². The maximum absolute atomic E-state index is 12.6. The Labute approximate surface area is 184 Å². The third kappa shape index (κ3) is 7.19. The molecule has 1 aromatic carbocycles. The molecule has 0 aliphatic carbocycles. The topological polar surface area (TPSA) is 159 Å². The average Bonchev–Trinajstić information content (AvgIpc) is 2.77. The minimum atomic E-state index is -0.819. The number of Topliss-reactive ketones (excluding diaryl/α,β-unsaturated/α-hetero) is 1. The van der Waals surface area contributed by atoms with E-state index in [0.717, 1.165) is 6.20 Å². The molecule has 11 nitrogen and oxygen atoms in total. The summed E-state index contributed by atoms with van der Waals surface area (Å²) in [6, 6.07) is 5.94. The van der Waals surface area contributed by atoms with Crippen LogP contribution in [0.4, 0.5) is 0 Å². The molecule has 2 aromatic rings. The molecule has 2 rings (SSSR count). The fraction of sp³-hybridized carbons (Fsp3) is 0.238.